The van der Waals surface area contributed by atoms with Crippen LogP contribution in [0.1, 0.15) is 24.2 Å². The molecular weight excluding hydrogens is 419 g/mol. The molecule has 4 rings (SSSR count). The van der Waals surface area contributed by atoms with Crippen LogP contribution in [-0.2, 0) is 11.8 Å². The Kier molecular flexibility index (Phi) is 6.22. The van der Waals surface area contributed by atoms with E-state index in [0.29, 0.717) is 5.69 Å². The van der Waals surface area contributed by atoms with Crippen molar-refractivity contribution in [3.8, 4) is 11.4 Å². The largest absolute Gasteiger partial charge is 0.340 e. The zero-order valence-electron chi connectivity index (χ0n) is 18.7. The van der Waals surface area contributed by atoms with Gasteiger partial charge in [-0.05, 0) is 54.4 Å². The van der Waals surface area contributed by atoms with Crippen LogP contribution in [0.3, 0.4) is 0 Å². The van der Waals surface area contributed by atoms with Crippen LogP contribution in [0.25, 0.3) is 22.4 Å². The van der Waals surface area contributed by atoms with E-state index in [9.17, 15) is 14.0 Å². The first kappa shape index (κ1) is 22.2. The Hall–Kier alpha value is -4.00. The Morgan fingerprint density at radius 2 is 1.61 bits per heavy atom. The summed E-state index contributed by atoms with van der Waals surface area (Å²) >= 11 is 0. The van der Waals surface area contributed by atoms with Crippen molar-refractivity contribution in [3.63, 3.8) is 0 Å². The summed E-state index contributed by atoms with van der Waals surface area (Å²) in [6.07, 6.45) is 0. The summed E-state index contributed by atoms with van der Waals surface area (Å²) in [4.78, 5) is 30.1. The van der Waals surface area contributed by atoms with Crippen molar-refractivity contribution in [2.24, 2.45) is 13.0 Å². The number of fused-ring (bicyclic) bond motifs is 1. The standard InChI is InChI=1S/C26H25FN4O2/c1-16(2)23(30-25(32)19-8-4-5-9-20(19)27)26(33)28-18-14-12-17(13-15-18)24-29-21-10-6-7-11-22(21)31(24)3/h4-16,23H,1-3H3,(H,28,33)(H,30,32). The van der Waals surface area contributed by atoms with Crippen molar-refractivity contribution in [2.45, 2.75) is 19.9 Å². The molecule has 0 saturated carbocycles. The van der Waals surface area contributed by atoms with Gasteiger partial charge in [0, 0.05) is 18.3 Å². The van der Waals surface area contributed by atoms with Crippen molar-refractivity contribution < 1.29 is 14.0 Å². The number of hydrogen-bond acceptors (Lipinski definition) is 3. The second-order valence-electron chi connectivity index (χ2n) is 8.22. The molecular formula is C26H25FN4O2. The summed E-state index contributed by atoms with van der Waals surface area (Å²) in [5.74, 6) is -0.994. The smallest absolute Gasteiger partial charge is 0.254 e. The van der Waals surface area contributed by atoms with Gasteiger partial charge in [0.05, 0.1) is 16.6 Å². The average molecular weight is 445 g/mol. The summed E-state index contributed by atoms with van der Waals surface area (Å²) in [5.41, 5.74) is 3.36. The minimum Gasteiger partial charge on any atom is -0.340 e. The van der Waals surface area contributed by atoms with E-state index in [1.165, 1.54) is 18.2 Å². The number of para-hydroxylation sites is 2. The number of nitrogens with zero attached hydrogens (tertiary/aromatic N) is 2. The van der Waals surface area contributed by atoms with E-state index in [2.05, 4.69) is 10.6 Å². The normalized spacial score (nSPS) is 12.0. The van der Waals surface area contributed by atoms with Gasteiger partial charge < -0.3 is 15.2 Å². The fourth-order valence-electron chi connectivity index (χ4n) is 3.73. The molecule has 2 N–H and O–H groups in total. The third-order valence-corrected chi connectivity index (χ3v) is 5.55. The number of benzene rings is 3. The molecule has 3 aromatic carbocycles. The Bertz CT molecular complexity index is 1310. The van der Waals surface area contributed by atoms with E-state index in [-0.39, 0.29) is 17.4 Å². The van der Waals surface area contributed by atoms with Gasteiger partial charge in [-0.1, -0.05) is 38.1 Å². The molecule has 0 aliphatic heterocycles. The van der Waals surface area contributed by atoms with Crippen molar-refractivity contribution in [3.05, 3.63) is 84.2 Å². The number of hydrogen-bond donors (Lipinski definition) is 2. The molecule has 0 fully saturated rings. The highest BCUT2D eigenvalue weighted by molar-refractivity contribution is 6.01. The first-order valence-corrected chi connectivity index (χ1v) is 10.7. The van der Waals surface area contributed by atoms with Gasteiger partial charge in [-0.15, -0.1) is 0 Å². The van der Waals surface area contributed by atoms with Gasteiger partial charge in [-0.25, -0.2) is 9.37 Å². The number of carbonyl (C=O) groups is 2. The van der Waals surface area contributed by atoms with Crippen LogP contribution in [0.15, 0.2) is 72.8 Å². The lowest BCUT2D eigenvalue weighted by atomic mass is 10.0. The monoisotopic (exact) mass is 444 g/mol. The van der Waals surface area contributed by atoms with E-state index in [1.54, 1.807) is 18.2 Å². The van der Waals surface area contributed by atoms with Gasteiger partial charge >= 0.3 is 0 Å². The summed E-state index contributed by atoms with van der Waals surface area (Å²) in [5, 5.41) is 5.49. The molecule has 0 radical (unpaired) electrons. The molecule has 33 heavy (non-hydrogen) atoms. The first-order valence-electron chi connectivity index (χ1n) is 10.7. The molecule has 0 bridgehead atoms. The number of nitrogens with one attached hydrogen (secondary N) is 2. The van der Waals surface area contributed by atoms with E-state index in [0.717, 1.165) is 22.4 Å². The average Bonchev–Trinajstić information content (AvgIpc) is 3.14. The molecule has 0 aliphatic rings. The van der Waals surface area contributed by atoms with Gasteiger partial charge in [0.2, 0.25) is 5.91 Å². The minimum absolute atomic E-state index is 0.0947. The number of imidazole rings is 1. The fraction of sp³-hybridized carbons (Fsp3) is 0.192. The van der Waals surface area contributed by atoms with Gasteiger partial charge in [0.15, 0.2) is 0 Å². The number of aryl methyl sites for hydroxylation is 1. The van der Waals surface area contributed by atoms with Crippen LogP contribution in [0.2, 0.25) is 0 Å². The Balaban J connectivity index is 1.49. The lowest BCUT2D eigenvalue weighted by Gasteiger charge is -2.22. The topological polar surface area (TPSA) is 76.0 Å². The molecule has 1 atom stereocenters. The molecule has 7 heteroatoms. The van der Waals surface area contributed by atoms with Gasteiger partial charge in [-0.3, -0.25) is 9.59 Å². The summed E-state index contributed by atoms with van der Waals surface area (Å²) in [7, 11) is 1.96. The Morgan fingerprint density at radius 1 is 0.939 bits per heavy atom. The number of aromatic nitrogens is 2. The van der Waals surface area contributed by atoms with Crippen molar-refractivity contribution >= 4 is 28.5 Å². The zero-order valence-corrected chi connectivity index (χ0v) is 18.7. The Labute approximate surface area is 191 Å². The number of halogens is 1. The van der Waals surface area contributed by atoms with Crippen LogP contribution >= 0.6 is 0 Å². The third-order valence-electron chi connectivity index (χ3n) is 5.55. The van der Waals surface area contributed by atoms with Crippen LogP contribution in [0.5, 0.6) is 0 Å². The van der Waals surface area contributed by atoms with Gasteiger partial charge in [0.25, 0.3) is 5.91 Å². The molecule has 0 aliphatic carbocycles. The summed E-state index contributed by atoms with van der Waals surface area (Å²) in [6.45, 7) is 3.64. The molecule has 0 spiro atoms. The number of rotatable bonds is 6. The predicted octanol–water partition coefficient (Wildman–Crippen LogP) is 4.77. The molecule has 168 valence electrons. The SMILES string of the molecule is CC(C)C(NC(=O)c1ccccc1F)C(=O)Nc1ccc(-c2nc3ccccc3n2C)cc1. The van der Waals surface area contributed by atoms with Gasteiger partial charge in [-0.2, -0.15) is 0 Å². The molecule has 0 saturated heterocycles. The molecule has 6 nitrogen and oxygen atoms in total. The van der Waals surface area contributed by atoms with Crippen molar-refractivity contribution in [2.75, 3.05) is 5.32 Å². The second kappa shape index (κ2) is 9.24. The highest BCUT2D eigenvalue weighted by Gasteiger charge is 2.26. The van der Waals surface area contributed by atoms with E-state index < -0.39 is 17.8 Å². The quantitative estimate of drug-likeness (QED) is 0.450. The van der Waals surface area contributed by atoms with E-state index in [1.807, 2.05) is 61.9 Å². The lowest BCUT2D eigenvalue weighted by Crippen LogP contribution is -2.47. The molecule has 1 heterocycles. The van der Waals surface area contributed by atoms with Crippen LogP contribution in [0, 0.1) is 11.7 Å². The predicted molar refractivity (Wildman–Crippen MR) is 127 cm³/mol. The highest BCUT2D eigenvalue weighted by Crippen LogP contribution is 2.25. The number of amides is 2. The van der Waals surface area contributed by atoms with Crippen molar-refractivity contribution in [1.82, 2.24) is 14.9 Å². The third kappa shape index (κ3) is 4.62. The van der Waals surface area contributed by atoms with Crippen molar-refractivity contribution in [1.29, 1.82) is 0 Å². The van der Waals surface area contributed by atoms with Gasteiger partial charge in [0.1, 0.15) is 17.7 Å². The maximum atomic E-state index is 13.9. The number of carbonyl (C=O) groups excluding carboxylic acids is 2. The zero-order chi connectivity index (χ0) is 23.5. The Morgan fingerprint density at radius 3 is 2.27 bits per heavy atom. The highest BCUT2D eigenvalue weighted by atomic mass is 19.1. The van der Waals surface area contributed by atoms with Crippen LogP contribution in [-0.4, -0.2) is 27.4 Å². The van der Waals surface area contributed by atoms with Crippen LogP contribution in [0.4, 0.5) is 10.1 Å². The molecule has 2 amide bonds. The number of anilines is 1. The maximum Gasteiger partial charge on any atom is 0.254 e. The summed E-state index contributed by atoms with van der Waals surface area (Å²) < 4.78 is 16.0. The summed E-state index contributed by atoms with van der Waals surface area (Å²) in [6, 6.07) is 20.1. The first-order chi connectivity index (χ1) is 15.8. The molecule has 4 aromatic rings. The van der Waals surface area contributed by atoms with E-state index in [4.69, 9.17) is 4.98 Å². The second-order valence-corrected chi connectivity index (χ2v) is 8.22. The fourth-order valence-corrected chi connectivity index (χ4v) is 3.73. The molecule has 1 unspecified atom stereocenters. The maximum absolute atomic E-state index is 13.9. The minimum atomic E-state index is -0.823. The van der Waals surface area contributed by atoms with Crippen LogP contribution < -0.4 is 10.6 Å². The lowest BCUT2D eigenvalue weighted by molar-refractivity contribution is -0.118. The molecule has 1 aromatic heterocycles. The van der Waals surface area contributed by atoms with E-state index >= 15 is 0 Å².